The predicted octanol–water partition coefficient (Wildman–Crippen LogP) is 3.99. The van der Waals surface area contributed by atoms with E-state index in [4.69, 9.17) is 33.3 Å². The summed E-state index contributed by atoms with van der Waals surface area (Å²) in [7, 11) is 0. The van der Waals surface area contributed by atoms with Gasteiger partial charge in [-0.1, -0.05) is 39.7 Å². The summed E-state index contributed by atoms with van der Waals surface area (Å²) in [6, 6.07) is 11.0. The van der Waals surface area contributed by atoms with Crippen LogP contribution in [0.4, 0.5) is 0 Å². The third kappa shape index (κ3) is 5.35. The zero-order valence-electron chi connectivity index (χ0n) is 15.3. The number of hydrogen-bond donors (Lipinski definition) is 2. The van der Waals surface area contributed by atoms with Crippen LogP contribution in [0.3, 0.4) is 0 Å². The van der Waals surface area contributed by atoms with Gasteiger partial charge in [-0.25, -0.2) is 0 Å². The maximum atomic E-state index is 12.0. The van der Waals surface area contributed by atoms with Gasteiger partial charge in [0.25, 0.3) is 11.8 Å². The summed E-state index contributed by atoms with van der Waals surface area (Å²) in [5.74, 6) is -0.361. The van der Waals surface area contributed by atoms with Crippen LogP contribution >= 0.6 is 39.7 Å². The van der Waals surface area contributed by atoms with Crippen molar-refractivity contribution in [3.05, 3.63) is 62.6 Å². The molecule has 6 nitrogen and oxygen atoms in total. The first-order valence-corrected chi connectivity index (χ1v) is 10.2. The van der Waals surface area contributed by atoms with E-state index >= 15 is 0 Å². The van der Waals surface area contributed by atoms with E-state index in [2.05, 4.69) is 26.6 Å². The molecule has 2 amide bonds. The Morgan fingerprint density at radius 1 is 1.10 bits per heavy atom. The first-order chi connectivity index (χ1) is 13.9. The zero-order chi connectivity index (χ0) is 21.0. The van der Waals surface area contributed by atoms with Crippen LogP contribution in [0.2, 0.25) is 5.02 Å². The van der Waals surface area contributed by atoms with Crippen LogP contribution in [0.25, 0.3) is 6.08 Å². The highest BCUT2D eigenvalue weighted by molar-refractivity contribution is 9.10. The molecule has 1 fully saturated rings. The summed E-state index contributed by atoms with van der Waals surface area (Å²) in [5, 5.41) is 5.05. The third-order valence-corrected chi connectivity index (χ3v) is 4.90. The van der Waals surface area contributed by atoms with E-state index < -0.39 is 11.8 Å². The molecule has 0 aromatic heterocycles. The van der Waals surface area contributed by atoms with Crippen molar-refractivity contribution >= 4 is 62.8 Å². The Morgan fingerprint density at radius 2 is 1.76 bits per heavy atom. The van der Waals surface area contributed by atoms with Crippen molar-refractivity contribution in [1.29, 1.82) is 0 Å². The number of rotatable bonds is 6. The average molecular weight is 496 g/mol. The molecule has 0 radical (unpaired) electrons. The van der Waals surface area contributed by atoms with Crippen LogP contribution in [-0.4, -0.2) is 23.5 Å². The largest absolute Gasteiger partial charge is 0.490 e. The highest BCUT2D eigenvalue weighted by Crippen LogP contribution is 2.38. The second-order valence-electron chi connectivity index (χ2n) is 5.97. The highest BCUT2D eigenvalue weighted by atomic mass is 79.9. The van der Waals surface area contributed by atoms with E-state index in [1.54, 1.807) is 12.1 Å². The van der Waals surface area contributed by atoms with Gasteiger partial charge in [-0.15, -0.1) is 0 Å². The maximum absolute atomic E-state index is 12.0. The van der Waals surface area contributed by atoms with E-state index in [9.17, 15) is 9.59 Å². The molecule has 0 bridgehead atoms. The number of halogens is 2. The fourth-order valence-electron chi connectivity index (χ4n) is 2.58. The molecule has 0 unspecified atom stereocenters. The molecule has 0 saturated carbocycles. The maximum Gasteiger partial charge on any atom is 0.263 e. The molecule has 1 aliphatic heterocycles. The Balaban J connectivity index is 1.88. The van der Waals surface area contributed by atoms with Crippen molar-refractivity contribution in [3.8, 4) is 11.5 Å². The van der Waals surface area contributed by atoms with Gasteiger partial charge in [0.05, 0.1) is 11.6 Å². The number of thiocarbonyl (C=S) groups is 1. The number of nitrogens with one attached hydrogen (secondary N) is 2. The predicted molar refractivity (Wildman–Crippen MR) is 118 cm³/mol. The molecular weight excluding hydrogens is 480 g/mol. The fraction of sp³-hybridized carbons (Fsp3) is 0.150. The van der Waals surface area contributed by atoms with E-state index in [1.165, 1.54) is 6.08 Å². The molecule has 3 rings (SSSR count). The summed E-state index contributed by atoms with van der Waals surface area (Å²) >= 11 is 14.6. The number of carbonyl (C=O) groups excluding carboxylic acids is 2. The van der Waals surface area contributed by atoms with Crippen molar-refractivity contribution in [2.24, 2.45) is 0 Å². The second kappa shape index (κ2) is 9.39. The molecule has 1 heterocycles. The van der Waals surface area contributed by atoms with Gasteiger partial charge in [0.15, 0.2) is 16.6 Å². The lowest BCUT2D eigenvalue weighted by atomic mass is 10.1. The van der Waals surface area contributed by atoms with Gasteiger partial charge in [-0.2, -0.15) is 0 Å². The molecule has 1 saturated heterocycles. The zero-order valence-corrected chi connectivity index (χ0v) is 18.4. The molecule has 0 aliphatic carbocycles. The fourth-order valence-corrected chi connectivity index (χ4v) is 3.31. The molecular formula is C20H16BrClN2O4S. The lowest BCUT2D eigenvalue weighted by Crippen LogP contribution is -2.51. The summed E-state index contributed by atoms with van der Waals surface area (Å²) in [4.78, 5) is 24.1. The van der Waals surface area contributed by atoms with Gasteiger partial charge < -0.3 is 9.47 Å². The molecule has 1 aliphatic rings. The number of ether oxygens (including phenoxy) is 2. The van der Waals surface area contributed by atoms with Crippen LogP contribution in [0.15, 0.2) is 46.4 Å². The SMILES string of the molecule is CCOc1cc(C=C2C(=O)NC(=S)NC2=O)cc(Cl)c1OCc1ccc(Br)cc1. The van der Waals surface area contributed by atoms with E-state index in [-0.39, 0.29) is 10.7 Å². The van der Waals surface area contributed by atoms with Crippen LogP contribution in [0, 0.1) is 0 Å². The van der Waals surface area contributed by atoms with Gasteiger partial charge in [0.1, 0.15) is 12.2 Å². The van der Waals surface area contributed by atoms with Crippen molar-refractivity contribution < 1.29 is 19.1 Å². The number of amides is 2. The summed E-state index contributed by atoms with van der Waals surface area (Å²) in [6.07, 6.45) is 1.42. The second-order valence-corrected chi connectivity index (χ2v) is 7.70. The Bertz CT molecular complexity index is 986. The van der Waals surface area contributed by atoms with Gasteiger partial charge in [-0.05, 0) is 60.6 Å². The van der Waals surface area contributed by atoms with Crippen LogP contribution in [0.1, 0.15) is 18.1 Å². The smallest absolute Gasteiger partial charge is 0.263 e. The Labute approximate surface area is 186 Å². The Hall–Kier alpha value is -2.42. The van der Waals surface area contributed by atoms with Crippen molar-refractivity contribution in [1.82, 2.24) is 10.6 Å². The van der Waals surface area contributed by atoms with Crippen molar-refractivity contribution in [2.45, 2.75) is 13.5 Å². The molecule has 150 valence electrons. The van der Waals surface area contributed by atoms with Crippen LogP contribution in [0.5, 0.6) is 11.5 Å². The van der Waals surface area contributed by atoms with Gasteiger partial charge in [0, 0.05) is 4.47 Å². The molecule has 0 atom stereocenters. The minimum atomic E-state index is -0.580. The van der Waals surface area contributed by atoms with E-state index in [0.29, 0.717) is 35.3 Å². The minimum Gasteiger partial charge on any atom is -0.490 e. The summed E-state index contributed by atoms with van der Waals surface area (Å²) in [6.45, 7) is 2.52. The number of carbonyl (C=O) groups is 2. The van der Waals surface area contributed by atoms with E-state index in [1.807, 2.05) is 31.2 Å². The van der Waals surface area contributed by atoms with E-state index in [0.717, 1.165) is 10.0 Å². The highest BCUT2D eigenvalue weighted by Gasteiger charge is 2.26. The lowest BCUT2D eigenvalue weighted by molar-refractivity contribution is -0.123. The molecule has 2 N–H and O–H groups in total. The molecule has 9 heteroatoms. The number of hydrogen-bond acceptors (Lipinski definition) is 5. The molecule has 29 heavy (non-hydrogen) atoms. The van der Waals surface area contributed by atoms with Gasteiger partial charge in [0.2, 0.25) is 0 Å². The average Bonchev–Trinajstić information content (AvgIpc) is 2.65. The van der Waals surface area contributed by atoms with Crippen molar-refractivity contribution in [3.63, 3.8) is 0 Å². The van der Waals surface area contributed by atoms with Gasteiger partial charge >= 0.3 is 0 Å². The topological polar surface area (TPSA) is 76.7 Å². The lowest BCUT2D eigenvalue weighted by Gasteiger charge is -2.17. The Morgan fingerprint density at radius 3 is 2.38 bits per heavy atom. The quantitative estimate of drug-likeness (QED) is 0.360. The Kier molecular flexibility index (Phi) is 6.89. The third-order valence-electron chi connectivity index (χ3n) is 3.88. The van der Waals surface area contributed by atoms with Gasteiger partial charge in [-0.3, -0.25) is 20.2 Å². The minimum absolute atomic E-state index is 0.0260. The normalized spacial score (nSPS) is 13.6. The molecule has 2 aromatic rings. The monoisotopic (exact) mass is 494 g/mol. The molecule has 0 spiro atoms. The summed E-state index contributed by atoms with van der Waals surface area (Å²) in [5.41, 5.74) is 1.40. The van der Waals surface area contributed by atoms with Crippen molar-refractivity contribution in [2.75, 3.05) is 6.61 Å². The molecule has 2 aromatic carbocycles. The van der Waals surface area contributed by atoms with Crippen LogP contribution < -0.4 is 20.1 Å². The first kappa shape index (κ1) is 21.3. The standard InChI is InChI=1S/C20H16BrClN2O4S/c1-2-27-16-9-12(7-14-18(25)23-20(29)24-19(14)26)8-15(22)17(16)28-10-11-3-5-13(21)6-4-11/h3-9H,2,10H2,1H3,(H2,23,24,25,26,29). The number of benzene rings is 2. The van der Waals surface area contributed by atoms with Crippen LogP contribution in [-0.2, 0) is 16.2 Å². The summed E-state index contributed by atoms with van der Waals surface area (Å²) < 4.78 is 12.5. The first-order valence-electron chi connectivity index (χ1n) is 8.59.